The molecule has 0 aromatic heterocycles. The summed E-state index contributed by atoms with van der Waals surface area (Å²) in [5.41, 5.74) is 3.64. The van der Waals surface area contributed by atoms with Crippen LogP contribution in [-0.4, -0.2) is 50.1 Å². The summed E-state index contributed by atoms with van der Waals surface area (Å²) in [5.74, 6) is 0.272. The fourth-order valence-electron chi connectivity index (χ4n) is 4.25. The van der Waals surface area contributed by atoms with E-state index >= 15 is 0 Å². The lowest BCUT2D eigenvalue weighted by Crippen LogP contribution is -2.46. The van der Waals surface area contributed by atoms with Crippen LogP contribution >= 0.6 is 11.6 Å². The summed E-state index contributed by atoms with van der Waals surface area (Å²) in [7, 11) is 0. The van der Waals surface area contributed by atoms with E-state index in [0.29, 0.717) is 6.42 Å². The summed E-state index contributed by atoms with van der Waals surface area (Å²) >= 11 is 6.12. The molecular formula is C23H28ClN3O. The van der Waals surface area contributed by atoms with Crippen LogP contribution in [0.4, 0.5) is 11.4 Å². The van der Waals surface area contributed by atoms with Crippen LogP contribution in [0.15, 0.2) is 48.5 Å². The smallest absolute Gasteiger partial charge is 0.227 e. The van der Waals surface area contributed by atoms with E-state index in [4.69, 9.17) is 11.6 Å². The zero-order chi connectivity index (χ0) is 19.3. The third kappa shape index (κ3) is 4.50. The van der Waals surface area contributed by atoms with Crippen LogP contribution in [-0.2, 0) is 11.2 Å². The molecule has 5 heteroatoms. The second-order valence-electron chi connectivity index (χ2n) is 7.69. The predicted molar refractivity (Wildman–Crippen MR) is 116 cm³/mol. The highest BCUT2D eigenvalue weighted by atomic mass is 35.5. The minimum atomic E-state index is 0.272. The molecule has 0 unspecified atom stereocenters. The molecule has 4 rings (SSSR count). The Kier molecular flexibility index (Phi) is 6.18. The minimum absolute atomic E-state index is 0.272. The number of benzene rings is 2. The molecule has 0 saturated carbocycles. The SMILES string of the molecule is O=C1CCc2ccccc2N1CCCCN1CCN(c2cccc(Cl)c2)CC1. The Morgan fingerprint density at radius 1 is 0.857 bits per heavy atom. The Morgan fingerprint density at radius 3 is 2.46 bits per heavy atom. The summed E-state index contributed by atoms with van der Waals surface area (Å²) < 4.78 is 0. The van der Waals surface area contributed by atoms with Crippen LogP contribution in [0.3, 0.4) is 0 Å². The third-order valence-corrected chi connectivity index (χ3v) is 6.08. The van der Waals surface area contributed by atoms with Gasteiger partial charge >= 0.3 is 0 Å². The maximum Gasteiger partial charge on any atom is 0.227 e. The average Bonchev–Trinajstić information content (AvgIpc) is 2.73. The third-order valence-electron chi connectivity index (χ3n) is 5.84. The van der Waals surface area contributed by atoms with Gasteiger partial charge in [-0.3, -0.25) is 9.69 Å². The molecule has 2 aromatic carbocycles. The fraction of sp³-hybridized carbons (Fsp3) is 0.435. The molecule has 0 N–H and O–H groups in total. The van der Waals surface area contributed by atoms with E-state index in [-0.39, 0.29) is 5.91 Å². The van der Waals surface area contributed by atoms with Gasteiger partial charge < -0.3 is 9.80 Å². The van der Waals surface area contributed by atoms with Crippen LogP contribution in [0.25, 0.3) is 0 Å². The molecule has 1 amide bonds. The van der Waals surface area contributed by atoms with E-state index in [1.807, 2.05) is 29.2 Å². The first kappa shape index (κ1) is 19.3. The van der Waals surface area contributed by atoms with Gasteiger partial charge in [-0.2, -0.15) is 0 Å². The molecule has 0 atom stereocenters. The van der Waals surface area contributed by atoms with Crippen LogP contribution in [0, 0.1) is 0 Å². The molecule has 0 bridgehead atoms. The lowest BCUT2D eigenvalue weighted by atomic mass is 10.0. The molecule has 1 saturated heterocycles. The Balaban J connectivity index is 1.21. The van der Waals surface area contributed by atoms with Gasteiger partial charge in [0.05, 0.1) is 0 Å². The first-order valence-corrected chi connectivity index (χ1v) is 10.7. The number of amides is 1. The van der Waals surface area contributed by atoms with Crippen LogP contribution in [0.2, 0.25) is 5.02 Å². The van der Waals surface area contributed by atoms with Crippen molar-refractivity contribution in [3.05, 3.63) is 59.1 Å². The number of fused-ring (bicyclic) bond motifs is 1. The Morgan fingerprint density at radius 2 is 1.64 bits per heavy atom. The van der Waals surface area contributed by atoms with Crippen LogP contribution < -0.4 is 9.80 Å². The van der Waals surface area contributed by atoms with Crippen molar-refractivity contribution in [3.8, 4) is 0 Å². The molecule has 0 radical (unpaired) electrons. The average molecular weight is 398 g/mol. The highest BCUT2D eigenvalue weighted by Crippen LogP contribution is 2.27. The number of unbranched alkanes of at least 4 members (excludes halogenated alkanes) is 1. The molecule has 0 aliphatic carbocycles. The van der Waals surface area contributed by atoms with E-state index in [1.54, 1.807) is 0 Å². The standard InChI is InChI=1S/C23H28ClN3O/c24-20-7-5-8-21(18-20)26-16-14-25(15-17-26)12-3-4-13-27-22-9-2-1-6-19(22)10-11-23(27)28/h1-2,5-9,18H,3-4,10-17H2. The van der Waals surface area contributed by atoms with Crippen molar-refractivity contribution in [3.63, 3.8) is 0 Å². The van der Waals surface area contributed by atoms with Gasteiger partial charge in [0.1, 0.15) is 0 Å². The quantitative estimate of drug-likeness (QED) is 0.683. The maximum absolute atomic E-state index is 12.3. The number of hydrogen-bond acceptors (Lipinski definition) is 3. The zero-order valence-corrected chi connectivity index (χ0v) is 17.1. The number of carbonyl (C=O) groups excluding carboxylic acids is 1. The van der Waals surface area contributed by atoms with Crippen molar-refractivity contribution in [2.24, 2.45) is 0 Å². The molecule has 1 fully saturated rings. The van der Waals surface area contributed by atoms with Crippen molar-refractivity contribution in [2.75, 3.05) is 49.1 Å². The number of hydrogen-bond donors (Lipinski definition) is 0. The number of carbonyl (C=O) groups is 1. The van der Waals surface area contributed by atoms with Gasteiger partial charge in [-0.15, -0.1) is 0 Å². The second kappa shape index (κ2) is 8.97. The number of para-hydroxylation sites is 1. The van der Waals surface area contributed by atoms with E-state index in [1.165, 1.54) is 11.3 Å². The van der Waals surface area contributed by atoms with Gasteiger partial charge in [-0.05, 0) is 55.6 Å². The van der Waals surface area contributed by atoms with Crippen molar-refractivity contribution in [1.29, 1.82) is 0 Å². The van der Waals surface area contributed by atoms with Crippen molar-refractivity contribution in [1.82, 2.24) is 4.90 Å². The largest absolute Gasteiger partial charge is 0.369 e. The molecule has 28 heavy (non-hydrogen) atoms. The Bertz CT molecular complexity index is 817. The summed E-state index contributed by atoms with van der Waals surface area (Å²) in [6.45, 7) is 6.18. The number of nitrogens with zero attached hydrogens (tertiary/aromatic N) is 3. The van der Waals surface area contributed by atoms with Gasteiger partial charge in [0, 0.05) is 55.5 Å². The van der Waals surface area contributed by atoms with Gasteiger partial charge in [-0.1, -0.05) is 35.9 Å². The minimum Gasteiger partial charge on any atom is -0.369 e. The van der Waals surface area contributed by atoms with Gasteiger partial charge in [-0.25, -0.2) is 0 Å². The Hall–Kier alpha value is -2.04. The molecule has 2 aromatic rings. The van der Waals surface area contributed by atoms with Crippen molar-refractivity contribution in [2.45, 2.75) is 25.7 Å². The molecule has 2 aliphatic heterocycles. The highest BCUT2D eigenvalue weighted by molar-refractivity contribution is 6.30. The van der Waals surface area contributed by atoms with Crippen LogP contribution in [0.5, 0.6) is 0 Å². The number of piperazine rings is 1. The lowest BCUT2D eigenvalue weighted by molar-refractivity contribution is -0.118. The molecule has 148 valence electrons. The monoisotopic (exact) mass is 397 g/mol. The summed E-state index contributed by atoms with van der Waals surface area (Å²) in [4.78, 5) is 19.3. The highest BCUT2D eigenvalue weighted by Gasteiger charge is 2.23. The van der Waals surface area contributed by atoms with Crippen LogP contribution in [0.1, 0.15) is 24.8 Å². The first-order chi connectivity index (χ1) is 13.7. The van der Waals surface area contributed by atoms with Gasteiger partial charge in [0.2, 0.25) is 5.91 Å². The van der Waals surface area contributed by atoms with Crippen molar-refractivity contribution < 1.29 is 4.79 Å². The fourth-order valence-corrected chi connectivity index (χ4v) is 4.43. The van der Waals surface area contributed by atoms with E-state index in [0.717, 1.165) is 69.2 Å². The Labute approximate surface area is 172 Å². The second-order valence-corrected chi connectivity index (χ2v) is 8.13. The molecular weight excluding hydrogens is 370 g/mol. The number of aryl methyl sites for hydroxylation is 1. The lowest BCUT2D eigenvalue weighted by Gasteiger charge is -2.36. The number of anilines is 2. The van der Waals surface area contributed by atoms with E-state index in [9.17, 15) is 4.79 Å². The van der Waals surface area contributed by atoms with Gasteiger partial charge in [0.15, 0.2) is 0 Å². The van der Waals surface area contributed by atoms with Crippen molar-refractivity contribution >= 4 is 28.9 Å². The summed E-state index contributed by atoms with van der Waals surface area (Å²) in [6.07, 6.45) is 3.70. The maximum atomic E-state index is 12.3. The normalized spacial score (nSPS) is 17.7. The van der Waals surface area contributed by atoms with E-state index < -0.39 is 0 Å². The molecule has 2 heterocycles. The molecule has 4 nitrogen and oxygen atoms in total. The summed E-state index contributed by atoms with van der Waals surface area (Å²) in [5, 5.41) is 0.800. The zero-order valence-electron chi connectivity index (χ0n) is 16.3. The topological polar surface area (TPSA) is 26.8 Å². The number of rotatable bonds is 6. The molecule has 0 spiro atoms. The first-order valence-electron chi connectivity index (χ1n) is 10.3. The predicted octanol–water partition coefficient (Wildman–Crippen LogP) is 4.22. The summed E-state index contributed by atoms with van der Waals surface area (Å²) in [6, 6.07) is 16.5. The molecule has 2 aliphatic rings. The van der Waals surface area contributed by atoms with E-state index in [2.05, 4.69) is 34.1 Å². The number of halogens is 1. The van der Waals surface area contributed by atoms with Gasteiger partial charge in [0.25, 0.3) is 0 Å².